The molecule has 0 aliphatic carbocycles. The van der Waals surface area contributed by atoms with Crippen molar-refractivity contribution in [3.05, 3.63) is 11.6 Å². The normalized spacial score (nSPS) is 16.0. The minimum Gasteiger partial charge on any atom is -0.330 e. The summed E-state index contributed by atoms with van der Waals surface area (Å²) in [7, 11) is 0. The molecule has 3 N–H and O–H groups in total. The predicted octanol–water partition coefficient (Wildman–Crippen LogP) is 0.811. The molecule has 0 aromatic carbocycles. The van der Waals surface area contributed by atoms with Crippen LogP contribution in [0.5, 0.6) is 0 Å². The monoisotopic (exact) mass is 168 g/mol. The smallest absolute Gasteiger partial charge is 0.153 e. The van der Waals surface area contributed by atoms with E-state index in [1.54, 1.807) is 0 Å². The molecule has 12 heavy (non-hydrogen) atoms. The van der Waals surface area contributed by atoms with E-state index in [1.807, 2.05) is 6.92 Å². The number of aromatic amines is 1. The Hall–Kier alpha value is -0.900. The molecule has 0 amide bonds. The van der Waals surface area contributed by atoms with Crippen LogP contribution < -0.4 is 5.73 Å². The van der Waals surface area contributed by atoms with E-state index in [9.17, 15) is 0 Å². The van der Waals surface area contributed by atoms with Gasteiger partial charge in [-0.1, -0.05) is 13.8 Å². The third-order valence-corrected chi connectivity index (χ3v) is 2.25. The summed E-state index contributed by atoms with van der Waals surface area (Å²) in [5.41, 5.74) is 5.55. The zero-order chi connectivity index (χ0) is 9.14. The summed E-state index contributed by atoms with van der Waals surface area (Å²) in [5, 5.41) is 6.92. The molecule has 0 radical (unpaired) electrons. The van der Waals surface area contributed by atoms with Gasteiger partial charge in [0, 0.05) is 5.92 Å². The van der Waals surface area contributed by atoms with Crippen LogP contribution in [0.4, 0.5) is 0 Å². The molecule has 1 aromatic rings. The van der Waals surface area contributed by atoms with Gasteiger partial charge in [0.25, 0.3) is 0 Å². The van der Waals surface area contributed by atoms with Crippen LogP contribution in [-0.4, -0.2) is 21.7 Å². The molecule has 0 bridgehead atoms. The van der Waals surface area contributed by atoms with Gasteiger partial charge in [0.1, 0.15) is 5.82 Å². The molecule has 0 saturated carbocycles. The number of rotatable bonds is 3. The lowest BCUT2D eigenvalue weighted by molar-refractivity contribution is 0.480. The second-order valence-electron chi connectivity index (χ2n) is 3.28. The van der Waals surface area contributed by atoms with E-state index in [0.29, 0.717) is 18.4 Å². The van der Waals surface area contributed by atoms with Gasteiger partial charge in [-0.3, -0.25) is 5.10 Å². The molecule has 1 aromatic heterocycles. The standard InChI is InChI=1S/C8H16N4/c1-5(4-9)6(2)8-10-7(3)11-12-8/h5-6H,4,9H2,1-3H3,(H,10,11,12). The maximum absolute atomic E-state index is 5.55. The molecule has 1 heterocycles. The fourth-order valence-corrected chi connectivity index (χ4v) is 1.02. The lowest BCUT2D eigenvalue weighted by atomic mass is 9.96. The van der Waals surface area contributed by atoms with Gasteiger partial charge >= 0.3 is 0 Å². The molecule has 0 aliphatic rings. The molecule has 1 rings (SSSR count). The van der Waals surface area contributed by atoms with Gasteiger partial charge in [-0.25, -0.2) is 4.98 Å². The largest absolute Gasteiger partial charge is 0.330 e. The van der Waals surface area contributed by atoms with Crippen molar-refractivity contribution in [3.63, 3.8) is 0 Å². The van der Waals surface area contributed by atoms with Gasteiger partial charge in [-0.05, 0) is 19.4 Å². The van der Waals surface area contributed by atoms with Crippen molar-refractivity contribution in [2.45, 2.75) is 26.7 Å². The Morgan fingerprint density at radius 3 is 2.58 bits per heavy atom. The molecule has 4 nitrogen and oxygen atoms in total. The number of hydrogen-bond donors (Lipinski definition) is 2. The van der Waals surface area contributed by atoms with E-state index >= 15 is 0 Å². The van der Waals surface area contributed by atoms with Crippen molar-refractivity contribution in [1.29, 1.82) is 0 Å². The van der Waals surface area contributed by atoms with Crippen LogP contribution in [0.25, 0.3) is 0 Å². The molecule has 0 spiro atoms. The second-order valence-corrected chi connectivity index (χ2v) is 3.28. The molecule has 2 atom stereocenters. The van der Waals surface area contributed by atoms with Crippen molar-refractivity contribution in [2.75, 3.05) is 6.54 Å². The number of nitrogens with one attached hydrogen (secondary N) is 1. The first kappa shape index (κ1) is 9.19. The van der Waals surface area contributed by atoms with Crippen molar-refractivity contribution in [2.24, 2.45) is 11.7 Å². The summed E-state index contributed by atoms with van der Waals surface area (Å²) in [6, 6.07) is 0. The average molecular weight is 168 g/mol. The van der Waals surface area contributed by atoms with Crippen LogP contribution in [0.1, 0.15) is 31.4 Å². The molecule has 2 unspecified atom stereocenters. The summed E-state index contributed by atoms with van der Waals surface area (Å²) < 4.78 is 0. The zero-order valence-electron chi connectivity index (χ0n) is 7.83. The minimum absolute atomic E-state index is 0.333. The van der Waals surface area contributed by atoms with E-state index in [4.69, 9.17) is 5.73 Å². The summed E-state index contributed by atoms with van der Waals surface area (Å²) in [6.07, 6.45) is 0. The maximum atomic E-state index is 5.55. The highest BCUT2D eigenvalue weighted by atomic mass is 15.2. The van der Waals surface area contributed by atoms with Crippen LogP contribution >= 0.6 is 0 Å². The molecule has 0 fully saturated rings. The van der Waals surface area contributed by atoms with Gasteiger partial charge in [0.15, 0.2) is 5.82 Å². The van der Waals surface area contributed by atoms with E-state index in [0.717, 1.165) is 11.6 Å². The number of H-pyrrole nitrogens is 1. The van der Waals surface area contributed by atoms with E-state index in [1.165, 1.54) is 0 Å². The number of hydrogen-bond acceptors (Lipinski definition) is 3. The summed E-state index contributed by atoms with van der Waals surface area (Å²) in [4.78, 5) is 4.26. The second kappa shape index (κ2) is 3.67. The first-order valence-corrected chi connectivity index (χ1v) is 4.24. The van der Waals surface area contributed by atoms with Gasteiger partial charge in [0.05, 0.1) is 0 Å². The first-order valence-electron chi connectivity index (χ1n) is 4.24. The number of aryl methyl sites for hydroxylation is 1. The van der Waals surface area contributed by atoms with Crippen LogP contribution in [0.15, 0.2) is 0 Å². The molecular formula is C8H16N4. The Morgan fingerprint density at radius 2 is 2.17 bits per heavy atom. The average Bonchev–Trinajstić information content (AvgIpc) is 2.49. The van der Waals surface area contributed by atoms with Crippen LogP contribution in [0.3, 0.4) is 0 Å². The number of nitrogens with zero attached hydrogens (tertiary/aromatic N) is 2. The van der Waals surface area contributed by atoms with Crippen molar-refractivity contribution in [1.82, 2.24) is 15.2 Å². The van der Waals surface area contributed by atoms with Gasteiger partial charge in [-0.2, -0.15) is 5.10 Å². The van der Waals surface area contributed by atoms with Gasteiger partial charge in [0.2, 0.25) is 0 Å². The SMILES string of the molecule is Cc1nc(C(C)C(C)CN)n[nH]1. The minimum atomic E-state index is 0.333. The van der Waals surface area contributed by atoms with Gasteiger partial charge in [-0.15, -0.1) is 0 Å². The van der Waals surface area contributed by atoms with Crippen LogP contribution in [-0.2, 0) is 0 Å². The summed E-state index contributed by atoms with van der Waals surface area (Å²) in [6.45, 7) is 6.78. The third-order valence-electron chi connectivity index (χ3n) is 2.25. The van der Waals surface area contributed by atoms with Gasteiger partial charge < -0.3 is 5.73 Å². The van der Waals surface area contributed by atoms with Crippen molar-refractivity contribution >= 4 is 0 Å². The summed E-state index contributed by atoms with van der Waals surface area (Å²) in [5.74, 6) is 2.49. The highest BCUT2D eigenvalue weighted by molar-refractivity contribution is 4.96. The topological polar surface area (TPSA) is 67.6 Å². The van der Waals surface area contributed by atoms with Crippen LogP contribution in [0, 0.1) is 12.8 Å². The Balaban J connectivity index is 2.70. The summed E-state index contributed by atoms with van der Waals surface area (Å²) >= 11 is 0. The Labute approximate surface area is 72.6 Å². The molecular weight excluding hydrogens is 152 g/mol. The predicted molar refractivity (Wildman–Crippen MR) is 47.8 cm³/mol. The van der Waals surface area contributed by atoms with Crippen LogP contribution in [0.2, 0.25) is 0 Å². The maximum Gasteiger partial charge on any atom is 0.153 e. The van der Waals surface area contributed by atoms with E-state index < -0.39 is 0 Å². The Morgan fingerprint density at radius 1 is 1.50 bits per heavy atom. The van der Waals surface area contributed by atoms with E-state index in [-0.39, 0.29) is 0 Å². The number of aromatic nitrogens is 3. The third kappa shape index (κ3) is 1.82. The fourth-order valence-electron chi connectivity index (χ4n) is 1.02. The Bertz CT molecular complexity index is 243. The molecule has 0 saturated heterocycles. The number of nitrogens with two attached hydrogens (primary N) is 1. The fraction of sp³-hybridized carbons (Fsp3) is 0.750. The highest BCUT2D eigenvalue weighted by Crippen LogP contribution is 2.19. The first-order chi connectivity index (χ1) is 5.65. The Kier molecular flexibility index (Phi) is 2.81. The van der Waals surface area contributed by atoms with E-state index in [2.05, 4.69) is 29.0 Å². The lowest BCUT2D eigenvalue weighted by Gasteiger charge is -2.13. The lowest BCUT2D eigenvalue weighted by Crippen LogP contribution is -2.17. The molecule has 0 aliphatic heterocycles. The molecule has 4 heteroatoms. The zero-order valence-corrected chi connectivity index (χ0v) is 7.83. The van der Waals surface area contributed by atoms with Crippen molar-refractivity contribution < 1.29 is 0 Å². The molecule has 68 valence electrons. The quantitative estimate of drug-likeness (QED) is 0.701. The highest BCUT2D eigenvalue weighted by Gasteiger charge is 2.16. The van der Waals surface area contributed by atoms with Crippen molar-refractivity contribution in [3.8, 4) is 0 Å².